The van der Waals surface area contributed by atoms with Gasteiger partial charge in [0.05, 0.1) is 22.3 Å². The van der Waals surface area contributed by atoms with Crippen molar-refractivity contribution in [1.82, 2.24) is 0 Å². The van der Waals surface area contributed by atoms with Gasteiger partial charge in [0.1, 0.15) is 118 Å². The predicted molar refractivity (Wildman–Crippen MR) is 491 cm³/mol. The predicted octanol–water partition coefficient (Wildman–Crippen LogP) is 28.0. The van der Waals surface area contributed by atoms with E-state index in [-0.39, 0.29) is 0 Å². The van der Waals surface area contributed by atoms with Gasteiger partial charge in [-0.05, 0) is 185 Å². The van der Waals surface area contributed by atoms with Crippen LogP contribution in [-0.4, -0.2) is 0 Å². The number of aryl methyl sites for hydroxylation is 12. The second kappa shape index (κ2) is 28.2. The summed E-state index contributed by atoms with van der Waals surface area (Å²) in [6.45, 7) is 13.8. The highest BCUT2D eigenvalue weighted by Crippen LogP contribution is 2.49. The van der Waals surface area contributed by atoms with E-state index in [0.717, 1.165) is 243 Å². The Hall–Kier alpha value is -14.4. The Morgan fingerprint density at radius 2 is 0.587 bits per heavy atom. The fourth-order valence-electron chi connectivity index (χ4n) is 18.4. The van der Waals surface area contributed by atoms with E-state index in [1.54, 1.807) is 18.5 Å². The van der Waals surface area contributed by atoms with Crippen molar-refractivity contribution in [3.8, 4) is 45.0 Å². The van der Waals surface area contributed by atoms with Crippen LogP contribution in [0.1, 0.15) is 81.8 Å². The molecule has 0 aliphatic heterocycles. The molecule has 12 heteroatoms. The first-order valence-electron chi connectivity index (χ1n) is 44.8. The van der Waals surface area contributed by atoms with Gasteiger partial charge in [-0.3, -0.25) is 0 Å². The van der Waals surface area contributed by atoms with Crippen LogP contribution < -0.4 is 18.3 Å². The standard InChI is InChI=1S/C30H28NO2.C27H22NO2.2C26H20NO2/c1-18-10-11-21-28-25(13-12-24-27(28)20-8-6-7-9-23(20)32-24)33-29(21)26(18)22-16-19(14-15-31(22)5)17-30(2,3)4;1-15-9-10-19-26-23(12-11-22-25(26)18-7-5-6-8-21(18)29-22)30-27(19)24(15)20-13-16(2)17(3)14-28(20)4;1-15-8-11-19(27(3)14-15)23-16(2)9-10-18-25-22(29-26(18)23)13-12-21-24(25)17-6-4-5-7-20(17)28-21;1-15-12-13-27(3)19(14-15)23-16(2)8-9-18-25-22(29-26(18)23)11-10-21-24(25)17-6-4-5-7-20(17)28-21/h6-16H,17H2,1-5H3;5-14H,1-4H3;2*4-14H,1-3H3/q4*+1/i17D2;3D3;1D3;. The van der Waals surface area contributed by atoms with Crippen molar-refractivity contribution in [2.24, 2.45) is 33.6 Å². The van der Waals surface area contributed by atoms with Crippen LogP contribution in [0.3, 0.4) is 0 Å². The first-order valence-corrected chi connectivity index (χ1v) is 40.8. The fourth-order valence-corrected chi connectivity index (χ4v) is 18.4. The van der Waals surface area contributed by atoms with Crippen LogP contribution in [0.25, 0.3) is 221 Å². The molecule has 24 rings (SSSR count). The molecule has 590 valence electrons. The number of furan rings is 8. The van der Waals surface area contributed by atoms with Crippen molar-refractivity contribution in [3.63, 3.8) is 0 Å². The van der Waals surface area contributed by atoms with Gasteiger partial charge in [-0.1, -0.05) is 142 Å². The molecule has 0 spiro atoms. The van der Waals surface area contributed by atoms with Crippen LogP contribution in [-0.2, 0) is 34.6 Å². The maximum absolute atomic E-state index is 8.83. The van der Waals surface area contributed by atoms with E-state index in [4.69, 9.17) is 46.3 Å². The van der Waals surface area contributed by atoms with Crippen molar-refractivity contribution in [2.75, 3.05) is 0 Å². The van der Waals surface area contributed by atoms with Crippen molar-refractivity contribution in [1.29, 1.82) is 0 Å². The third-order valence-corrected chi connectivity index (χ3v) is 24.0. The molecule has 0 atom stereocenters. The third kappa shape index (κ3) is 12.1. The minimum atomic E-state index is -2.16. The molecule has 0 unspecified atom stereocenters. The quantitative estimate of drug-likeness (QED) is 0.156. The van der Waals surface area contributed by atoms with Gasteiger partial charge in [-0.25, -0.2) is 18.3 Å². The molecule has 121 heavy (non-hydrogen) atoms. The lowest BCUT2D eigenvalue weighted by Gasteiger charge is -2.18. The summed E-state index contributed by atoms with van der Waals surface area (Å²) in [6.07, 6.45) is 5.93. The Labute approximate surface area is 708 Å². The summed E-state index contributed by atoms with van der Waals surface area (Å²) in [5.41, 5.74) is 28.6. The zero-order chi connectivity index (χ0) is 89.7. The van der Waals surface area contributed by atoms with Gasteiger partial charge in [0.25, 0.3) is 0 Å². The molecule has 0 fully saturated rings. The van der Waals surface area contributed by atoms with Gasteiger partial charge in [0.15, 0.2) is 24.8 Å². The summed E-state index contributed by atoms with van der Waals surface area (Å²) < 4.78 is 123. The number of nitrogens with zero attached hydrogens (tertiary/aromatic N) is 4. The van der Waals surface area contributed by atoms with Gasteiger partial charge >= 0.3 is 0 Å². The lowest BCUT2D eigenvalue weighted by atomic mass is 9.87. The monoisotopic (exact) mass is 1590 g/mol. The molecule has 0 aliphatic carbocycles. The van der Waals surface area contributed by atoms with E-state index >= 15 is 0 Å². The topological polar surface area (TPSA) is 121 Å². The Kier molecular flexibility index (Phi) is 15.3. The number of hydrogen-bond acceptors (Lipinski definition) is 8. The van der Waals surface area contributed by atoms with E-state index in [9.17, 15) is 0 Å². The Morgan fingerprint density at radius 1 is 0.264 bits per heavy atom. The number of para-hydroxylation sites is 4. The highest BCUT2D eigenvalue weighted by molar-refractivity contribution is 6.31. The molecular weight excluding hydrogens is 1490 g/mol. The van der Waals surface area contributed by atoms with Gasteiger partial charge in [0.2, 0.25) is 22.8 Å². The van der Waals surface area contributed by atoms with E-state index in [2.05, 4.69) is 137 Å². The van der Waals surface area contributed by atoms with E-state index in [1.165, 1.54) is 11.1 Å². The fraction of sp³-hybridized carbons (Fsp3) is 0.156. The normalized spacial score (nSPS) is 13.4. The zero-order valence-corrected chi connectivity index (χ0v) is 69.4. The van der Waals surface area contributed by atoms with Crippen LogP contribution in [0.15, 0.2) is 297 Å². The van der Waals surface area contributed by atoms with Crippen LogP contribution in [0, 0.1) is 60.7 Å². The van der Waals surface area contributed by atoms with Crippen molar-refractivity contribution in [2.45, 2.75) is 82.4 Å². The first-order chi connectivity index (χ1) is 61.8. The van der Waals surface area contributed by atoms with Crippen molar-refractivity contribution < 1.29 is 64.6 Å². The Morgan fingerprint density at radius 3 is 0.942 bits per heavy atom. The number of aromatic nitrogens is 4. The maximum atomic E-state index is 8.83. The summed E-state index contributed by atoms with van der Waals surface area (Å²) in [5, 5.41) is 17.0. The summed E-state index contributed by atoms with van der Waals surface area (Å²) >= 11 is 0. The molecule has 0 saturated carbocycles. The van der Waals surface area contributed by atoms with Crippen LogP contribution in [0.4, 0.5) is 0 Å². The molecule has 0 N–H and O–H groups in total. The molecule has 0 aliphatic rings. The van der Waals surface area contributed by atoms with Gasteiger partial charge < -0.3 is 35.3 Å². The summed E-state index contributed by atoms with van der Waals surface area (Å²) in [7, 11) is 7.83. The average Bonchev–Trinajstić information content (AvgIpc) is 1.58. The Balaban J connectivity index is 0.000000104. The minimum absolute atomic E-state index is 0.310. The molecule has 12 aromatic heterocycles. The van der Waals surface area contributed by atoms with Crippen LogP contribution in [0.5, 0.6) is 0 Å². The number of rotatable bonds is 5. The van der Waals surface area contributed by atoms with Crippen LogP contribution >= 0.6 is 0 Å². The number of fused-ring (bicyclic) bond motifs is 28. The molecule has 24 aromatic rings. The molecule has 0 saturated heterocycles. The minimum Gasteiger partial charge on any atom is -0.456 e. The smallest absolute Gasteiger partial charge is 0.216 e. The molecule has 0 bridgehead atoms. The lowest BCUT2D eigenvalue weighted by molar-refractivity contribution is -0.660. The molecule has 0 amide bonds. The van der Waals surface area contributed by atoms with E-state index in [1.807, 2.05) is 215 Å². The number of pyridine rings is 4. The second-order valence-electron chi connectivity index (χ2n) is 33.4. The number of hydrogen-bond donors (Lipinski definition) is 0. The Bertz CT molecular complexity index is 8840. The first kappa shape index (κ1) is 65.6. The van der Waals surface area contributed by atoms with Gasteiger partial charge in [-0.15, -0.1) is 0 Å². The van der Waals surface area contributed by atoms with Gasteiger partial charge in [0, 0.05) is 145 Å². The SMILES string of the molecule is Cc1cc[n+](C)c(-c2c(C)ccc3c2oc2ccc4oc5ccccc5c4c23)c1.[2H]C([2H])([2H])c1c[n+](C)c(-c2c(C)ccc3c2oc2ccc4oc5ccccc5c4c23)cc1C.[2H]C([2H])([2H])c1ccc(-c2c(C)ccc3c2oc2ccc4oc5ccccc5c4c23)[n+](C)c1.[2H]C([2H])(c1cc[n+](C)c(-c2c(C)ccc3c2oc2ccc4oc5ccccc5c4c23)c1)C(C)(C)C. The second-order valence-corrected chi connectivity index (χ2v) is 33.4. The highest BCUT2D eigenvalue weighted by Gasteiger charge is 2.30. The number of benzene rings is 12. The average molecular weight is 1590 g/mol. The molecular formula is C109H90N4O8+4. The largest absolute Gasteiger partial charge is 0.456 e. The third-order valence-electron chi connectivity index (χ3n) is 24.0. The molecule has 12 nitrogen and oxygen atoms in total. The highest BCUT2D eigenvalue weighted by atomic mass is 16.4. The van der Waals surface area contributed by atoms with E-state index < -0.39 is 25.5 Å². The molecule has 12 aromatic carbocycles. The molecule has 0 radical (unpaired) electrons. The maximum Gasteiger partial charge on any atom is 0.216 e. The van der Waals surface area contributed by atoms with E-state index in [0.29, 0.717) is 16.7 Å². The summed E-state index contributed by atoms with van der Waals surface area (Å²) in [5.74, 6) is 0. The zero-order valence-electron chi connectivity index (χ0n) is 77.4. The van der Waals surface area contributed by atoms with Crippen LogP contribution in [0.2, 0.25) is 0 Å². The van der Waals surface area contributed by atoms with Crippen molar-refractivity contribution in [3.05, 3.63) is 311 Å². The molecule has 12 heterocycles. The van der Waals surface area contributed by atoms with Gasteiger partial charge in [-0.2, -0.15) is 0 Å². The summed E-state index contributed by atoms with van der Waals surface area (Å²) in [6, 6.07) is 78.9. The summed E-state index contributed by atoms with van der Waals surface area (Å²) in [4.78, 5) is 0. The van der Waals surface area contributed by atoms with Crippen molar-refractivity contribution >= 4 is 176 Å². The lowest BCUT2D eigenvalue weighted by Crippen LogP contribution is -2.31.